The molecule has 1 aliphatic rings. The van der Waals surface area contributed by atoms with Crippen LogP contribution >= 0.6 is 0 Å². The van der Waals surface area contributed by atoms with Crippen LogP contribution in [0.2, 0.25) is 0 Å². The third kappa shape index (κ3) is 3.19. The minimum absolute atomic E-state index is 0.0113. The van der Waals surface area contributed by atoms with Gasteiger partial charge in [-0.15, -0.1) is 0 Å². The summed E-state index contributed by atoms with van der Waals surface area (Å²) in [6, 6.07) is 0. The highest BCUT2D eigenvalue weighted by molar-refractivity contribution is 5.90. The van der Waals surface area contributed by atoms with E-state index in [1.807, 2.05) is 0 Å². The Morgan fingerprint density at radius 1 is 1.28 bits per heavy atom. The van der Waals surface area contributed by atoms with Crippen molar-refractivity contribution in [1.82, 2.24) is 0 Å². The molecule has 1 atom stereocenters. The molecule has 1 unspecified atom stereocenters. The first-order chi connectivity index (χ1) is 8.24. The molecule has 6 nitrogen and oxygen atoms in total. The molecule has 0 radical (unpaired) electrons. The molecule has 0 saturated carbocycles. The zero-order chi connectivity index (χ0) is 13.9. The van der Waals surface area contributed by atoms with E-state index in [2.05, 4.69) is 0 Å². The monoisotopic (exact) mass is 254 g/mol. The minimum Gasteiger partial charge on any atom is -0.481 e. The maximum absolute atomic E-state index is 11.1. The van der Waals surface area contributed by atoms with Gasteiger partial charge in [-0.1, -0.05) is 6.08 Å². The molecule has 1 aliphatic carbocycles. The van der Waals surface area contributed by atoms with Crippen molar-refractivity contribution in [1.29, 1.82) is 0 Å². The van der Waals surface area contributed by atoms with Crippen molar-refractivity contribution < 1.29 is 29.7 Å². The van der Waals surface area contributed by atoms with Gasteiger partial charge in [-0.05, 0) is 31.4 Å². The fraction of sp³-hybridized carbons (Fsp3) is 0.417. The molecule has 0 saturated heterocycles. The number of carbonyl (C=O) groups is 3. The van der Waals surface area contributed by atoms with E-state index in [1.165, 1.54) is 19.1 Å². The molecule has 0 aromatic heterocycles. The molecule has 0 aromatic rings. The van der Waals surface area contributed by atoms with Crippen molar-refractivity contribution in [3.05, 3.63) is 23.3 Å². The standard InChI is InChI=1S/C12H14O6/c1-12(11(17)18)5-7(2-3-9(13)14)4-8(6-12)10(15)16/h4-5H,2-3,6H2,1H3,(H,13,14)(H,15,16)(H,17,18). The molecule has 3 N–H and O–H groups in total. The summed E-state index contributed by atoms with van der Waals surface area (Å²) in [5.74, 6) is -3.31. The summed E-state index contributed by atoms with van der Waals surface area (Å²) < 4.78 is 0. The lowest BCUT2D eigenvalue weighted by molar-refractivity contribution is -0.145. The number of hydrogen-bond donors (Lipinski definition) is 3. The Labute approximate surface area is 103 Å². The van der Waals surface area contributed by atoms with Crippen LogP contribution in [0.3, 0.4) is 0 Å². The number of allylic oxidation sites excluding steroid dienone is 2. The molecule has 0 aliphatic heterocycles. The van der Waals surface area contributed by atoms with E-state index >= 15 is 0 Å². The number of hydrogen-bond acceptors (Lipinski definition) is 3. The Bertz CT molecular complexity index is 459. The quantitative estimate of drug-likeness (QED) is 0.681. The zero-order valence-corrected chi connectivity index (χ0v) is 9.84. The first-order valence-corrected chi connectivity index (χ1v) is 5.35. The highest BCUT2D eigenvalue weighted by Gasteiger charge is 2.36. The van der Waals surface area contributed by atoms with Crippen LogP contribution in [0.25, 0.3) is 0 Å². The van der Waals surface area contributed by atoms with Crippen LogP contribution in [-0.2, 0) is 14.4 Å². The normalized spacial score (nSPS) is 22.9. The van der Waals surface area contributed by atoms with Gasteiger partial charge in [-0.3, -0.25) is 9.59 Å². The Morgan fingerprint density at radius 3 is 2.33 bits per heavy atom. The van der Waals surface area contributed by atoms with Gasteiger partial charge >= 0.3 is 17.9 Å². The maximum atomic E-state index is 11.1. The van der Waals surface area contributed by atoms with Gasteiger partial charge in [-0.25, -0.2) is 4.79 Å². The van der Waals surface area contributed by atoms with Gasteiger partial charge in [0.25, 0.3) is 0 Å². The third-order valence-corrected chi connectivity index (χ3v) is 2.81. The second-order valence-electron chi connectivity index (χ2n) is 4.49. The predicted molar refractivity (Wildman–Crippen MR) is 61.0 cm³/mol. The second-order valence-corrected chi connectivity index (χ2v) is 4.49. The topological polar surface area (TPSA) is 112 Å². The number of aliphatic carboxylic acids is 3. The summed E-state index contributed by atoms with van der Waals surface area (Å²) in [7, 11) is 0. The van der Waals surface area contributed by atoms with Crippen LogP contribution in [-0.4, -0.2) is 33.2 Å². The van der Waals surface area contributed by atoms with Crippen molar-refractivity contribution >= 4 is 17.9 Å². The molecule has 6 heteroatoms. The molecule has 0 bridgehead atoms. The van der Waals surface area contributed by atoms with Gasteiger partial charge in [0.05, 0.1) is 5.41 Å². The van der Waals surface area contributed by atoms with Crippen molar-refractivity contribution in [2.45, 2.75) is 26.2 Å². The Balaban J connectivity index is 3.03. The van der Waals surface area contributed by atoms with Gasteiger partial charge in [-0.2, -0.15) is 0 Å². The van der Waals surface area contributed by atoms with Crippen molar-refractivity contribution in [3.63, 3.8) is 0 Å². The number of carboxylic acids is 3. The molecule has 0 heterocycles. The number of rotatable bonds is 5. The first-order valence-electron chi connectivity index (χ1n) is 5.35. The minimum atomic E-state index is -1.30. The summed E-state index contributed by atoms with van der Waals surface area (Å²) in [5, 5.41) is 26.6. The lowest BCUT2D eigenvalue weighted by Crippen LogP contribution is -2.29. The summed E-state index contributed by atoms with van der Waals surface area (Å²) in [6.45, 7) is 1.42. The molecule has 0 aromatic carbocycles. The lowest BCUT2D eigenvalue weighted by atomic mass is 9.77. The Morgan fingerprint density at radius 2 is 1.89 bits per heavy atom. The molecular formula is C12H14O6. The van der Waals surface area contributed by atoms with E-state index in [0.717, 1.165) is 0 Å². The largest absolute Gasteiger partial charge is 0.481 e. The van der Waals surface area contributed by atoms with E-state index in [0.29, 0.717) is 5.57 Å². The van der Waals surface area contributed by atoms with E-state index in [1.54, 1.807) is 0 Å². The van der Waals surface area contributed by atoms with Gasteiger partial charge in [0.1, 0.15) is 0 Å². The van der Waals surface area contributed by atoms with Gasteiger partial charge in [0.2, 0.25) is 0 Å². The summed E-state index contributed by atoms with van der Waals surface area (Å²) in [6.07, 6.45) is 2.65. The summed E-state index contributed by atoms with van der Waals surface area (Å²) >= 11 is 0. The average molecular weight is 254 g/mol. The van der Waals surface area contributed by atoms with Gasteiger partial charge in [0, 0.05) is 12.0 Å². The van der Waals surface area contributed by atoms with Crippen LogP contribution in [0, 0.1) is 5.41 Å². The van der Waals surface area contributed by atoms with Gasteiger partial charge in [0.15, 0.2) is 0 Å². The average Bonchev–Trinajstić information content (AvgIpc) is 2.25. The van der Waals surface area contributed by atoms with E-state index in [4.69, 9.17) is 15.3 Å². The molecule has 0 spiro atoms. The molecular weight excluding hydrogens is 240 g/mol. The highest BCUT2D eigenvalue weighted by Crippen LogP contribution is 2.35. The van der Waals surface area contributed by atoms with Crippen LogP contribution in [0.1, 0.15) is 26.2 Å². The van der Waals surface area contributed by atoms with Crippen LogP contribution in [0.5, 0.6) is 0 Å². The predicted octanol–water partition coefficient (Wildman–Crippen LogP) is 1.28. The Kier molecular flexibility index (Phi) is 3.90. The SMILES string of the molecule is CC1(C(=O)O)C=C(CCC(=O)O)C=C(C(=O)O)C1. The molecule has 0 amide bonds. The van der Waals surface area contributed by atoms with Crippen molar-refractivity contribution in [2.24, 2.45) is 5.41 Å². The van der Waals surface area contributed by atoms with Gasteiger partial charge < -0.3 is 15.3 Å². The molecule has 18 heavy (non-hydrogen) atoms. The van der Waals surface area contributed by atoms with E-state index < -0.39 is 23.3 Å². The van der Waals surface area contributed by atoms with Crippen molar-refractivity contribution in [2.75, 3.05) is 0 Å². The molecule has 98 valence electrons. The van der Waals surface area contributed by atoms with E-state index in [9.17, 15) is 14.4 Å². The van der Waals surface area contributed by atoms with Crippen LogP contribution < -0.4 is 0 Å². The lowest BCUT2D eigenvalue weighted by Gasteiger charge is -2.26. The second kappa shape index (κ2) is 5.03. The zero-order valence-electron chi connectivity index (χ0n) is 9.84. The fourth-order valence-corrected chi connectivity index (χ4v) is 1.84. The van der Waals surface area contributed by atoms with Crippen LogP contribution in [0.15, 0.2) is 23.3 Å². The maximum Gasteiger partial charge on any atom is 0.331 e. The Hall–Kier alpha value is -2.11. The van der Waals surface area contributed by atoms with E-state index in [-0.39, 0.29) is 24.8 Å². The highest BCUT2D eigenvalue weighted by atomic mass is 16.4. The summed E-state index contributed by atoms with van der Waals surface area (Å²) in [5.41, 5.74) is -0.871. The number of carboxylic acid groups (broad SMARTS) is 3. The molecule has 0 fully saturated rings. The smallest absolute Gasteiger partial charge is 0.331 e. The van der Waals surface area contributed by atoms with Crippen molar-refractivity contribution in [3.8, 4) is 0 Å². The molecule has 1 rings (SSSR count). The van der Waals surface area contributed by atoms with Crippen LogP contribution in [0.4, 0.5) is 0 Å². The fourth-order valence-electron chi connectivity index (χ4n) is 1.84. The third-order valence-electron chi connectivity index (χ3n) is 2.81. The summed E-state index contributed by atoms with van der Waals surface area (Å²) in [4.78, 5) is 32.6. The first kappa shape index (κ1) is 14.0.